The van der Waals surface area contributed by atoms with Crippen LogP contribution in [0.1, 0.15) is 27.2 Å². The van der Waals surface area contributed by atoms with Crippen LogP contribution in [-0.4, -0.2) is 42.9 Å². The molecule has 0 radical (unpaired) electrons. The highest BCUT2D eigenvalue weighted by Gasteiger charge is 2.31. The molecule has 2 atom stereocenters. The Labute approximate surface area is 104 Å². The van der Waals surface area contributed by atoms with Crippen molar-refractivity contribution in [1.82, 2.24) is 4.90 Å². The molecule has 0 aromatic rings. The van der Waals surface area contributed by atoms with Gasteiger partial charge in [-0.05, 0) is 27.2 Å². The summed E-state index contributed by atoms with van der Waals surface area (Å²) >= 11 is 0. The van der Waals surface area contributed by atoms with Gasteiger partial charge in [-0.1, -0.05) is 6.08 Å². The number of piperidine rings is 1. The van der Waals surface area contributed by atoms with Gasteiger partial charge in [0.05, 0.1) is 6.10 Å². The van der Waals surface area contributed by atoms with Crippen molar-refractivity contribution in [3.63, 3.8) is 0 Å². The van der Waals surface area contributed by atoms with Crippen molar-refractivity contribution in [3.8, 4) is 0 Å². The molecule has 4 heteroatoms. The zero-order valence-corrected chi connectivity index (χ0v) is 11.2. The van der Waals surface area contributed by atoms with E-state index in [0.717, 1.165) is 6.42 Å². The van der Waals surface area contributed by atoms with E-state index in [0.29, 0.717) is 13.1 Å². The lowest BCUT2D eigenvalue weighted by atomic mass is 9.95. The second-order valence-corrected chi connectivity index (χ2v) is 5.39. The normalized spacial score (nSPS) is 25.5. The lowest BCUT2D eigenvalue weighted by Gasteiger charge is -2.37. The summed E-state index contributed by atoms with van der Waals surface area (Å²) in [6, 6.07) is 0. The molecule has 1 aliphatic rings. The molecule has 1 fully saturated rings. The van der Waals surface area contributed by atoms with E-state index in [1.807, 2.05) is 26.8 Å². The second kappa shape index (κ2) is 5.54. The first-order valence-electron chi connectivity index (χ1n) is 6.00. The van der Waals surface area contributed by atoms with Gasteiger partial charge >= 0.3 is 6.09 Å². The molecule has 1 saturated heterocycles. The maximum atomic E-state index is 11.9. The first-order valence-corrected chi connectivity index (χ1v) is 6.00. The third kappa shape index (κ3) is 4.04. The van der Waals surface area contributed by atoms with Crippen LogP contribution in [0.5, 0.6) is 0 Å². The minimum absolute atomic E-state index is 0.159. The van der Waals surface area contributed by atoms with E-state index >= 15 is 0 Å². The number of hydrogen-bond donors (Lipinski definition) is 0. The number of carbonyl (C=O) groups is 1. The van der Waals surface area contributed by atoms with E-state index in [9.17, 15) is 4.79 Å². The van der Waals surface area contributed by atoms with Gasteiger partial charge < -0.3 is 14.4 Å². The summed E-state index contributed by atoms with van der Waals surface area (Å²) in [7, 11) is 1.70. The van der Waals surface area contributed by atoms with Crippen LogP contribution in [0.3, 0.4) is 0 Å². The third-order valence-corrected chi connectivity index (χ3v) is 2.85. The van der Waals surface area contributed by atoms with Crippen LogP contribution in [0.2, 0.25) is 0 Å². The van der Waals surface area contributed by atoms with Crippen LogP contribution in [0, 0.1) is 5.92 Å². The number of ether oxygens (including phenoxy) is 2. The maximum Gasteiger partial charge on any atom is 0.410 e. The molecular formula is C13H23NO3. The van der Waals surface area contributed by atoms with Crippen molar-refractivity contribution in [2.45, 2.75) is 38.9 Å². The van der Waals surface area contributed by atoms with E-state index in [1.165, 1.54) is 0 Å². The summed E-state index contributed by atoms with van der Waals surface area (Å²) < 4.78 is 10.7. The van der Waals surface area contributed by atoms with Crippen LogP contribution >= 0.6 is 0 Å². The zero-order chi connectivity index (χ0) is 13.1. The number of methoxy groups -OCH3 is 1. The molecule has 4 nitrogen and oxygen atoms in total. The van der Waals surface area contributed by atoms with E-state index in [1.54, 1.807) is 12.0 Å². The molecule has 0 bridgehead atoms. The molecular weight excluding hydrogens is 218 g/mol. The van der Waals surface area contributed by atoms with Crippen molar-refractivity contribution in [2.75, 3.05) is 20.2 Å². The lowest BCUT2D eigenvalue weighted by Crippen LogP contribution is -2.47. The highest BCUT2D eigenvalue weighted by molar-refractivity contribution is 5.68. The number of amides is 1. The van der Waals surface area contributed by atoms with Crippen LogP contribution in [0.4, 0.5) is 4.79 Å². The molecule has 0 aliphatic carbocycles. The van der Waals surface area contributed by atoms with Gasteiger partial charge in [0, 0.05) is 26.1 Å². The molecule has 2 unspecified atom stereocenters. The number of likely N-dealkylation sites (tertiary alicyclic amines) is 1. The average molecular weight is 241 g/mol. The highest BCUT2D eigenvalue weighted by Crippen LogP contribution is 2.22. The van der Waals surface area contributed by atoms with Gasteiger partial charge in [-0.15, -0.1) is 6.58 Å². The van der Waals surface area contributed by atoms with Crippen molar-refractivity contribution < 1.29 is 14.3 Å². The van der Waals surface area contributed by atoms with Gasteiger partial charge in [-0.25, -0.2) is 4.79 Å². The second-order valence-electron chi connectivity index (χ2n) is 5.39. The number of carbonyl (C=O) groups excluding carboxylic acids is 1. The summed E-state index contributed by atoms with van der Waals surface area (Å²) in [5, 5.41) is 0. The largest absolute Gasteiger partial charge is 0.444 e. The molecule has 98 valence electrons. The van der Waals surface area contributed by atoms with E-state index in [-0.39, 0.29) is 18.1 Å². The molecule has 1 heterocycles. The van der Waals surface area contributed by atoms with Crippen LogP contribution in [0.25, 0.3) is 0 Å². The lowest BCUT2D eigenvalue weighted by molar-refractivity contribution is -0.0130. The zero-order valence-electron chi connectivity index (χ0n) is 11.2. The molecule has 0 saturated carbocycles. The van der Waals surface area contributed by atoms with Gasteiger partial charge in [0.2, 0.25) is 0 Å². The Kier molecular flexibility index (Phi) is 4.57. The smallest absolute Gasteiger partial charge is 0.410 e. The van der Waals surface area contributed by atoms with Gasteiger partial charge in [0.25, 0.3) is 0 Å². The van der Waals surface area contributed by atoms with Crippen LogP contribution < -0.4 is 0 Å². The maximum absolute atomic E-state index is 11.9. The Bertz CT molecular complexity index is 283. The fraction of sp³-hybridized carbons (Fsp3) is 0.769. The molecule has 1 rings (SSSR count). The Balaban J connectivity index is 2.57. The third-order valence-electron chi connectivity index (χ3n) is 2.85. The fourth-order valence-corrected chi connectivity index (χ4v) is 1.97. The van der Waals surface area contributed by atoms with Crippen molar-refractivity contribution >= 4 is 6.09 Å². The van der Waals surface area contributed by atoms with Crippen LogP contribution in [0.15, 0.2) is 12.7 Å². The number of nitrogens with zero attached hydrogens (tertiary/aromatic N) is 1. The average Bonchev–Trinajstić information content (AvgIpc) is 2.25. The summed E-state index contributed by atoms with van der Waals surface area (Å²) in [5.74, 6) is 0.182. The fourth-order valence-electron chi connectivity index (χ4n) is 1.97. The minimum Gasteiger partial charge on any atom is -0.444 e. The van der Waals surface area contributed by atoms with Crippen molar-refractivity contribution in [3.05, 3.63) is 12.7 Å². The van der Waals surface area contributed by atoms with Gasteiger partial charge in [0.15, 0.2) is 0 Å². The molecule has 1 amide bonds. The topological polar surface area (TPSA) is 38.8 Å². The van der Waals surface area contributed by atoms with Gasteiger partial charge in [-0.2, -0.15) is 0 Å². The number of hydrogen-bond acceptors (Lipinski definition) is 3. The van der Waals surface area contributed by atoms with E-state index in [4.69, 9.17) is 9.47 Å². The molecule has 0 aromatic carbocycles. The predicted octanol–water partition coefficient (Wildman–Crippen LogP) is 2.44. The predicted molar refractivity (Wildman–Crippen MR) is 66.9 cm³/mol. The summed E-state index contributed by atoms with van der Waals surface area (Å²) in [5.41, 5.74) is -0.446. The first-order chi connectivity index (χ1) is 7.87. The SMILES string of the molecule is C=CC1CN(C(=O)OC(C)(C)C)CCC1OC. The van der Waals surface area contributed by atoms with E-state index < -0.39 is 5.60 Å². The minimum atomic E-state index is -0.446. The van der Waals surface area contributed by atoms with Crippen molar-refractivity contribution in [1.29, 1.82) is 0 Å². The van der Waals surface area contributed by atoms with Gasteiger partial charge in [0.1, 0.15) is 5.60 Å². The quantitative estimate of drug-likeness (QED) is 0.697. The molecule has 0 N–H and O–H groups in total. The van der Waals surface area contributed by atoms with Gasteiger partial charge in [-0.3, -0.25) is 0 Å². The Morgan fingerprint density at radius 3 is 2.59 bits per heavy atom. The summed E-state index contributed by atoms with van der Waals surface area (Å²) in [6.07, 6.45) is 2.59. The molecule has 1 aliphatic heterocycles. The number of rotatable bonds is 2. The monoisotopic (exact) mass is 241 g/mol. The molecule has 0 spiro atoms. The Hall–Kier alpha value is -1.03. The summed E-state index contributed by atoms with van der Waals surface area (Å²) in [4.78, 5) is 13.6. The van der Waals surface area contributed by atoms with E-state index in [2.05, 4.69) is 6.58 Å². The highest BCUT2D eigenvalue weighted by atomic mass is 16.6. The van der Waals surface area contributed by atoms with Crippen molar-refractivity contribution in [2.24, 2.45) is 5.92 Å². The molecule has 17 heavy (non-hydrogen) atoms. The Morgan fingerprint density at radius 2 is 2.12 bits per heavy atom. The van der Waals surface area contributed by atoms with Crippen LogP contribution in [-0.2, 0) is 9.47 Å². The standard InChI is InChI=1S/C13H23NO3/c1-6-10-9-14(8-7-11(10)16-5)12(15)17-13(2,3)4/h6,10-11H,1,7-9H2,2-5H3. The first kappa shape index (κ1) is 14.0. The summed E-state index contributed by atoms with van der Waals surface area (Å²) in [6.45, 7) is 10.7. The Morgan fingerprint density at radius 1 is 1.47 bits per heavy atom. The molecule has 0 aromatic heterocycles.